The van der Waals surface area contributed by atoms with E-state index in [0.29, 0.717) is 5.92 Å². The smallest absolute Gasteiger partial charge is 0.126 e. The predicted molar refractivity (Wildman–Crippen MR) is 89.6 cm³/mol. The molecule has 0 aliphatic carbocycles. The van der Waals surface area contributed by atoms with Crippen molar-refractivity contribution in [2.75, 3.05) is 0 Å². The molecule has 0 saturated heterocycles. The summed E-state index contributed by atoms with van der Waals surface area (Å²) in [4.78, 5) is 0. The number of halogens is 1. The SMILES string of the molecule is CC(C)c1ccc(C2C[C@@H](N)c3cc(Br)ccc3O2)cc1. The molecule has 0 bridgehead atoms. The van der Waals surface area contributed by atoms with Crippen molar-refractivity contribution in [1.82, 2.24) is 0 Å². The first kappa shape index (κ1) is 14.6. The van der Waals surface area contributed by atoms with Gasteiger partial charge in [-0.1, -0.05) is 54.0 Å². The highest BCUT2D eigenvalue weighted by atomic mass is 79.9. The molecule has 0 spiro atoms. The van der Waals surface area contributed by atoms with Gasteiger partial charge < -0.3 is 10.5 Å². The maximum atomic E-state index is 6.32. The molecule has 0 fully saturated rings. The lowest BCUT2D eigenvalue weighted by Gasteiger charge is -2.31. The Morgan fingerprint density at radius 1 is 1.14 bits per heavy atom. The van der Waals surface area contributed by atoms with Gasteiger partial charge in [0.05, 0.1) is 0 Å². The van der Waals surface area contributed by atoms with Crippen molar-refractivity contribution in [2.24, 2.45) is 5.73 Å². The van der Waals surface area contributed by atoms with Crippen LogP contribution in [-0.4, -0.2) is 0 Å². The molecule has 1 heterocycles. The average molecular weight is 346 g/mol. The Kier molecular flexibility index (Phi) is 4.05. The monoisotopic (exact) mass is 345 g/mol. The van der Waals surface area contributed by atoms with Gasteiger partial charge in [-0.2, -0.15) is 0 Å². The van der Waals surface area contributed by atoms with Crippen molar-refractivity contribution < 1.29 is 4.74 Å². The summed E-state index contributed by atoms with van der Waals surface area (Å²) in [6.07, 6.45) is 0.847. The molecular formula is C18H20BrNO. The maximum Gasteiger partial charge on any atom is 0.126 e. The third kappa shape index (κ3) is 2.99. The number of hydrogen-bond donors (Lipinski definition) is 1. The predicted octanol–water partition coefficient (Wildman–Crippen LogP) is 5.10. The summed E-state index contributed by atoms with van der Waals surface area (Å²) < 4.78 is 7.18. The van der Waals surface area contributed by atoms with Gasteiger partial charge in [-0.05, 0) is 35.2 Å². The van der Waals surface area contributed by atoms with Crippen molar-refractivity contribution in [3.05, 3.63) is 63.6 Å². The molecule has 2 aromatic carbocycles. The first-order chi connectivity index (χ1) is 10.0. The second-order valence-corrected chi connectivity index (χ2v) is 6.87. The first-order valence-corrected chi connectivity index (χ1v) is 8.15. The van der Waals surface area contributed by atoms with Crippen LogP contribution in [0.5, 0.6) is 5.75 Å². The van der Waals surface area contributed by atoms with Crippen molar-refractivity contribution in [1.29, 1.82) is 0 Å². The van der Waals surface area contributed by atoms with Crippen molar-refractivity contribution in [3.8, 4) is 5.75 Å². The van der Waals surface area contributed by atoms with Crippen LogP contribution >= 0.6 is 15.9 Å². The lowest BCUT2D eigenvalue weighted by atomic mass is 9.92. The van der Waals surface area contributed by atoms with Gasteiger partial charge in [0.2, 0.25) is 0 Å². The molecule has 2 N–H and O–H groups in total. The van der Waals surface area contributed by atoms with E-state index in [4.69, 9.17) is 10.5 Å². The zero-order chi connectivity index (χ0) is 15.0. The molecular weight excluding hydrogens is 326 g/mol. The van der Waals surface area contributed by atoms with E-state index in [1.165, 1.54) is 11.1 Å². The fourth-order valence-corrected chi connectivity index (χ4v) is 3.15. The molecule has 2 aromatic rings. The van der Waals surface area contributed by atoms with Gasteiger partial charge >= 0.3 is 0 Å². The Balaban J connectivity index is 1.86. The molecule has 3 heteroatoms. The Labute approximate surface area is 134 Å². The van der Waals surface area contributed by atoms with Gasteiger partial charge in [0.15, 0.2) is 0 Å². The molecule has 3 rings (SSSR count). The summed E-state index contributed by atoms with van der Waals surface area (Å²) in [5.41, 5.74) is 9.95. The second-order valence-electron chi connectivity index (χ2n) is 5.95. The van der Waals surface area contributed by atoms with Crippen LogP contribution < -0.4 is 10.5 Å². The van der Waals surface area contributed by atoms with E-state index in [9.17, 15) is 0 Å². The summed E-state index contributed by atoms with van der Waals surface area (Å²) in [6, 6.07) is 14.8. The van der Waals surface area contributed by atoms with E-state index in [1.54, 1.807) is 0 Å². The van der Waals surface area contributed by atoms with Crippen LogP contribution in [0.1, 0.15) is 55.0 Å². The lowest BCUT2D eigenvalue weighted by molar-refractivity contribution is 0.161. The Hall–Kier alpha value is -1.32. The van der Waals surface area contributed by atoms with Crippen molar-refractivity contribution >= 4 is 15.9 Å². The highest BCUT2D eigenvalue weighted by molar-refractivity contribution is 9.10. The van der Waals surface area contributed by atoms with Gasteiger partial charge in [0.25, 0.3) is 0 Å². The van der Waals surface area contributed by atoms with E-state index in [0.717, 1.165) is 22.2 Å². The van der Waals surface area contributed by atoms with Gasteiger partial charge in [0, 0.05) is 22.5 Å². The minimum absolute atomic E-state index is 0.0148. The summed E-state index contributed by atoms with van der Waals surface area (Å²) >= 11 is 3.49. The molecule has 0 aromatic heterocycles. The Morgan fingerprint density at radius 3 is 2.52 bits per heavy atom. The summed E-state index contributed by atoms with van der Waals surface area (Å²) in [6.45, 7) is 4.41. The standard InChI is InChI=1S/C18H20BrNO/c1-11(2)12-3-5-13(6-4-12)18-10-16(20)15-9-14(19)7-8-17(15)21-18/h3-9,11,16,18H,10,20H2,1-2H3/t16-,18?/m1/s1. The number of nitrogens with two attached hydrogens (primary N) is 1. The number of fused-ring (bicyclic) bond motifs is 1. The molecule has 0 amide bonds. The average Bonchev–Trinajstić information content (AvgIpc) is 2.48. The van der Waals surface area contributed by atoms with Crippen molar-refractivity contribution in [2.45, 2.75) is 38.3 Å². The van der Waals surface area contributed by atoms with E-state index < -0.39 is 0 Å². The number of benzene rings is 2. The molecule has 110 valence electrons. The topological polar surface area (TPSA) is 35.2 Å². The Morgan fingerprint density at radius 2 is 1.86 bits per heavy atom. The normalized spacial score (nSPS) is 21.0. The fourth-order valence-electron chi connectivity index (χ4n) is 2.78. The molecule has 0 radical (unpaired) electrons. The second kappa shape index (κ2) is 5.82. The highest BCUT2D eigenvalue weighted by Gasteiger charge is 2.27. The van der Waals surface area contributed by atoms with Crippen LogP contribution in [0.4, 0.5) is 0 Å². The molecule has 0 saturated carbocycles. The molecule has 2 atom stereocenters. The zero-order valence-corrected chi connectivity index (χ0v) is 13.9. The zero-order valence-electron chi connectivity index (χ0n) is 12.3. The molecule has 2 nitrogen and oxygen atoms in total. The van der Waals surface area contributed by atoms with Crippen LogP contribution in [0, 0.1) is 0 Å². The van der Waals surface area contributed by atoms with Crippen LogP contribution in [0.3, 0.4) is 0 Å². The van der Waals surface area contributed by atoms with E-state index in [1.807, 2.05) is 12.1 Å². The summed E-state index contributed by atoms with van der Waals surface area (Å²) in [5.74, 6) is 1.45. The third-order valence-corrected chi connectivity index (χ3v) is 4.58. The van der Waals surface area contributed by atoms with Crippen LogP contribution in [0.15, 0.2) is 46.9 Å². The third-order valence-electron chi connectivity index (χ3n) is 4.08. The fraction of sp³-hybridized carbons (Fsp3) is 0.333. The number of hydrogen-bond acceptors (Lipinski definition) is 2. The largest absolute Gasteiger partial charge is 0.485 e. The van der Waals surface area contributed by atoms with Crippen LogP contribution in [0.2, 0.25) is 0 Å². The number of rotatable bonds is 2. The minimum atomic E-state index is 0.0148. The minimum Gasteiger partial charge on any atom is -0.485 e. The lowest BCUT2D eigenvalue weighted by Crippen LogP contribution is -2.24. The van der Waals surface area contributed by atoms with Gasteiger partial charge in [0.1, 0.15) is 11.9 Å². The highest BCUT2D eigenvalue weighted by Crippen LogP contribution is 2.40. The van der Waals surface area contributed by atoms with E-state index >= 15 is 0 Å². The molecule has 21 heavy (non-hydrogen) atoms. The van der Waals surface area contributed by atoms with Crippen LogP contribution in [-0.2, 0) is 0 Å². The van der Waals surface area contributed by atoms with Crippen molar-refractivity contribution in [3.63, 3.8) is 0 Å². The first-order valence-electron chi connectivity index (χ1n) is 7.36. The van der Waals surface area contributed by atoms with Crippen LogP contribution in [0.25, 0.3) is 0 Å². The molecule has 1 unspecified atom stereocenters. The number of ether oxygens (including phenoxy) is 1. The van der Waals surface area contributed by atoms with Gasteiger partial charge in [-0.3, -0.25) is 0 Å². The molecule has 1 aliphatic rings. The van der Waals surface area contributed by atoms with E-state index in [2.05, 4.69) is 60.1 Å². The maximum absolute atomic E-state index is 6.32. The summed E-state index contributed by atoms with van der Waals surface area (Å²) in [5, 5.41) is 0. The molecule has 1 aliphatic heterocycles. The quantitative estimate of drug-likeness (QED) is 0.821. The van der Waals surface area contributed by atoms with Gasteiger partial charge in [-0.25, -0.2) is 0 Å². The van der Waals surface area contributed by atoms with E-state index in [-0.39, 0.29) is 12.1 Å². The summed E-state index contributed by atoms with van der Waals surface area (Å²) in [7, 11) is 0. The Bertz CT molecular complexity index is 636. The van der Waals surface area contributed by atoms with Gasteiger partial charge in [-0.15, -0.1) is 0 Å².